The molecular formula is C22H28O3. The second kappa shape index (κ2) is 6.55. The van der Waals surface area contributed by atoms with E-state index in [9.17, 15) is 9.90 Å². The number of benzene rings is 1. The first-order chi connectivity index (χ1) is 11.4. The van der Waals surface area contributed by atoms with Crippen molar-refractivity contribution in [2.24, 2.45) is 0 Å². The van der Waals surface area contributed by atoms with Crippen LogP contribution in [0.3, 0.4) is 0 Å². The number of aromatic hydroxyl groups is 1. The Labute approximate surface area is 150 Å². The molecule has 1 aliphatic rings. The molecule has 0 aliphatic heterocycles. The zero-order valence-corrected chi connectivity index (χ0v) is 16.2. The average Bonchev–Trinajstić information content (AvgIpc) is 2.48. The van der Waals surface area contributed by atoms with Gasteiger partial charge in [-0.25, -0.2) is 0 Å². The highest BCUT2D eigenvalue weighted by atomic mass is 16.5. The predicted octanol–water partition coefficient (Wildman–Crippen LogP) is 5.04. The average molecular weight is 340 g/mol. The first-order valence-corrected chi connectivity index (χ1v) is 8.51. The standard InChI is InChI=1S/C22H28O3/c1-21(2,3)17-11-14(12-18(20(17)24)22(4,5)6)10-15-13-16(25-7)8-9-19(15)23/h8-13,24H,1-7H3/b15-10-. The molecule has 3 nitrogen and oxygen atoms in total. The summed E-state index contributed by atoms with van der Waals surface area (Å²) in [5, 5.41) is 10.8. The van der Waals surface area contributed by atoms with Gasteiger partial charge in [0.15, 0.2) is 5.78 Å². The summed E-state index contributed by atoms with van der Waals surface area (Å²) in [5.41, 5.74) is 2.82. The minimum atomic E-state index is -0.206. The number of hydrogen-bond donors (Lipinski definition) is 1. The number of carbonyl (C=O) groups is 1. The van der Waals surface area contributed by atoms with Gasteiger partial charge < -0.3 is 9.84 Å². The zero-order valence-electron chi connectivity index (χ0n) is 16.2. The molecule has 2 rings (SSSR count). The zero-order chi connectivity index (χ0) is 19.0. The van der Waals surface area contributed by atoms with E-state index in [4.69, 9.17) is 4.74 Å². The van der Waals surface area contributed by atoms with Gasteiger partial charge in [0, 0.05) is 16.7 Å². The highest BCUT2D eigenvalue weighted by Crippen LogP contribution is 2.40. The summed E-state index contributed by atoms with van der Waals surface area (Å²) in [6, 6.07) is 3.92. The van der Waals surface area contributed by atoms with Crippen molar-refractivity contribution in [2.75, 3.05) is 7.11 Å². The van der Waals surface area contributed by atoms with Crippen LogP contribution in [0.15, 0.2) is 41.7 Å². The van der Waals surface area contributed by atoms with Crippen LogP contribution in [-0.4, -0.2) is 18.0 Å². The van der Waals surface area contributed by atoms with Gasteiger partial charge in [-0.05, 0) is 52.8 Å². The summed E-state index contributed by atoms with van der Waals surface area (Å²) in [5.74, 6) is 0.936. The predicted molar refractivity (Wildman–Crippen MR) is 103 cm³/mol. The van der Waals surface area contributed by atoms with Gasteiger partial charge in [-0.1, -0.05) is 41.5 Å². The summed E-state index contributed by atoms with van der Waals surface area (Å²) in [6.45, 7) is 12.4. The molecule has 0 fully saturated rings. The van der Waals surface area contributed by atoms with E-state index in [2.05, 4.69) is 41.5 Å². The number of ketones is 1. The Morgan fingerprint density at radius 2 is 1.48 bits per heavy atom. The van der Waals surface area contributed by atoms with Crippen molar-refractivity contribution >= 4 is 11.9 Å². The van der Waals surface area contributed by atoms with E-state index in [1.165, 1.54) is 6.08 Å². The van der Waals surface area contributed by atoms with Gasteiger partial charge in [-0.15, -0.1) is 0 Å². The van der Waals surface area contributed by atoms with Crippen molar-refractivity contribution in [3.05, 3.63) is 58.4 Å². The van der Waals surface area contributed by atoms with Crippen LogP contribution in [-0.2, 0) is 20.4 Å². The molecule has 1 aliphatic carbocycles. The van der Waals surface area contributed by atoms with E-state index >= 15 is 0 Å². The lowest BCUT2D eigenvalue weighted by molar-refractivity contribution is -0.111. The topological polar surface area (TPSA) is 46.5 Å². The first-order valence-electron chi connectivity index (χ1n) is 8.51. The van der Waals surface area contributed by atoms with E-state index in [-0.39, 0.29) is 16.6 Å². The maximum atomic E-state index is 12.2. The molecule has 134 valence electrons. The number of phenolic OH excluding ortho intramolecular Hbond substituents is 1. The lowest BCUT2D eigenvalue weighted by Crippen LogP contribution is -2.17. The lowest BCUT2D eigenvalue weighted by atomic mass is 9.78. The van der Waals surface area contributed by atoms with Crippen LogP contribution in [0.4, 0.5) is 0 Å². The Bertz CT molecular complexity index is 743. The maximum absolute atomic E-state index is 12.2. The number of carbonyl (C=O) groups excluding carboxylic acids is 1. The van der Waals surface area contributed by atoms with Crippen molar-refractivity contribution in [3.8, 4) is 5.75 Å². The molecule has 0 spiro atoms. The molecule has 0 saturated carbocycles. The first kappa shape index (κ1) is 19.0. The fraction of sp³-hybridized carbons (Fsp3) is 0.409. The Morgan fingerprint density at radius 1 is 0.960 bits per heavy atom. The van der Waals surface area contributed by atoms with Crippen LogP contribution < -0.4 is 0 Å². The molecule has 0 saturated heterocycles. The van der Waals surface area contributed by atoms with Crippen molar-refractivity contribution in [1.82, 2.24) is 0 Å². The molecule has 0 radical (unpaired) electrons. The van der Waals surface area contributed by atoms with Gasteiger partial charge in [-0.3, -0.25) is 4.79 Å². The van der Waals surface area contributed by atoms with Gasteiger partial charge in [-0.2, -0.15) is 0 Å². The summed E-state index contributed by atoms with van der Waals surface area (Å²) < 4.78 is 5.22. The highest BCUT2D eigenvalue weighted by Gasteiger charge is 2.26. The third-order valence-electron chi connectivity index (χ3n) is 4.29. The summed E-state index contributed by atoms with van der Waals surface area (Å²) in [7, 11) is 1.58. The molecule has 0 amide bonds. The number of phenols is 1. The van der Waals surface area contributed by atoms with Crippen molar-refractivity contribution < 1.29 is 14.6 Å². The van der Waals surface area contributed by atoms with E-state index in [1.54, 1.807) is 19.3 Å². The summed E-state index contributed by atoms with van der Waals surface area (Å²) >= 11 is 0. The lowest BCUT2D eigenvalue weighted by Gasteiger charge is -2.28. The SMILES string of the molecule is COC1=C/C(=C/c2cc(C(C)(C)C)c(O)c(C(C)(C)C)c2)C(=O)C=C1. The van der Waals surface area contributed by atoms with Crippen LogP contribution in [0.1, 0.15) is 58.2 Å². The van der Waals surface area contributed by atoms with Crippen molar-refractivity contribution in [1.29, 1.82) is 0 Å². The molecule has 0 aromatic heterocycles. The Hall–Kier alpha value is -2.29. The van der Waals surface area contributed by atoms with Crippen LogP contribution >= 0.6 is 0 Å². The molecule has 1 aromatic rings. The van der Waals surface area contributed by atoms with E-state index in [1.807, 2.05) is 18.2 Å². The number of ether oxygens (including phenoxy) is 1. The molecule has 1 N–H and O–H groups in total. The maximum Gasteiger partial charge on any atom is 0.186 e. The fourth-order valence-electron chi connectivity index (χ4n) is 2.83. The third-order valence-corrected chi connectivity index (χ3v) is 4.29. The van der Waals surface area contributed by atoms with Gasteiger partial charge in [0.1, 0.15) is 11.5 Å². The Morgan fingerprint density at radius 3 is 1.92 bits per heavy atom. The largest absolute Gasteiger partial charge is 0.507 e. The minimum Gasteiger partial charge on any atom is -0.507 e. The second-order valence-corrected chi connectivity index (χ2v) is 8.51. The van der Waals surface area contributed by atoms with E-state index in [0.29, 0.717) is 17.1 Å². The molecule has 3 heteroatoms. The van der Waals surface area contributed by atoms with Gasteiger partial charge in [0.2, 0.25) is 0 Å². The molecule has 0 heterocycles. The van der Waals surface area contributed by atoms with E-state index < -0.39 is 0 Å². The highest BCUT2D eigenvalue weighted by molar-refractivity contribution is 6.10. The van der Waals surface area contributed by atoms with Crippen LogP contribution in [0.2, 0.25) is 0 Å². The molecule has 1 aromatic carbocycles. The smallest absolute Gasteiger partial charge is 0.186 e. The van der Waals surface area contributed by atoms with Crippen molar-refractivity contribution in [2.45, 2.75) is 52.4 Å². The summed E-state index contributed by atoms with van der Waals surface area (Å²) in [6.07, 6.45) is 6.77. The van der Waals surface area contributed by atoms with Crippen molar-refractivity contribution in [3.63, 3.8) is 0 Å². The molecular weight excluding hydrogens is 312 g/mol. The summed E-state index contributed by atoms with van der Waals surface area (Å²) in [4.78, 5) is 12.2. The van der Waals surface area contributed by atoms with E-state index in [0.717, 1.165) is 16.7 Å². The number of methoxy groups -OCH3 is 1. The monoisotopic (exact) mass is 340 g/mol. The van der Waals surface area contributed by atoms with Gasteiger partial charge in [0.05, 0.1) is 7.11 Å². The third kappa shape index (κ3) is 4.22. The number of rotatable bonds is 2. The number of allylic oxidation sites excluding steroid dienone is 4. The quantitative estimate of drug-likeness (QED) is 0.767. The molecule has 0 bridgehead atoms. The van der Waals surface area contributed by atoms with Crippen LogP contribution in [0, 0.1) is 0 Å². The molecule has 25 heavy (non-hydrogen) atoms. The molecule has 0 unspecified atom stereocenters. The number of hydrogen-bond acceptors (Lipinski definition) is 3. The Kier molecular flexibility index (Phi) is 4.99. The fourth-order valence-corrected chi connectivity index (χ4v) is 2.83. The normalized spacial score (nSPS) is 17.0. The van der Waals surface area contributed by atoms with Gasteiger partial charge >= 0.3 is 0 Å². The van der Waals surface area contributed by atoms with Crippen LogP contribution in [0.5, 0.6) is 5.75 Å². The molecule has 0 atom stereocenters. The van der Waals surface area contributed by atoms with Crippen LogP contribution in [0.25, 0.3) is 6.08 Å². The minimum absolute atomic E-state index is 0.0523. The van der Waals surface area contributed by atoms with Gasteiger partial charge in [0.25, 0.3) is 0 Å². The Balaban J connectivity index is 2.66. The second-order valence-electron chi connectivity index (χ2n) is 8.51.